The van der Waals surface area contributed by atoms with E-state index in [0.29, 0.717) is 6.54 Å². The van der Waals surface area contributed by atoms with Gasteiger partial charge in [0.05, 0.1) is 16.8 Å². The van der Waals surface area contributed by atoms with Crippen LogP contribution in [0.15, 0.2) is 65.8 Å². The first-order valence-electron chi connectivity index (χ1n) is 11.7. The van der Waals surface area contributed by atoms with E-state index in [-0.39, 0.29) is 5.91 Å². The predicted octanol–water partition coefficient (Wildman–Crippen LogP) is 6.29. The highest BCUT2D eigenvalue weighted by Gasteiger charge is 2.43. The van der Waals surface area contributed by atoms with Gasteiger partial charge in [-0.25, -0.2) is 5.01 Å². The van der Waals surface area contributed by atoms with Crippen LogP contribution in [0.2, 0.25) is 0 Å². The summed E-state index contributed by atoms with van der Waals surface area (Å²) in [6.45, 7) is 10.6. The lowest BCUT2D eigenvalue weighted by Gasteiger charge is -2.19. The molecular formula is C29H30N4O. The molecule has 2 heterocycles. The molecule has 0 unspecified atom stereocenters. The molecule has 1 aromatic heterocycles. The van der Waals surface area contributed by atoms with Gasteiger partial charge in [0.25, 0.3) is 5.91 Å². The van der Waals surface area contributed by atoms with Crippen LogP contribution in [0.4, 0.5) is 5.69 Å². The molecule has 3 aromatic carbocycles. The summed E-state index contributed by atoms with van der Waals surface area (Å²) in [4.78, 5) is 16.5. The minimum absolute atomic E-state index is 0.0302. The fourth-order valence-corrected chi connectivity index (χ4v) is 5.03. The summed E-state index contributed by atoms with van der Waals surface area (Å²) in [5.41, 5.74) is 15.9. The van der Waals surface area contributed by atoms with Crippen LogP contribution < -0.4 is 5.73 Å². The first kappa shape index (κ1) is 22.0. The number of hydrazone groups is 1. The zero-order valence-electron chi connectivity index (χ0n) is 20.4. The van der Waals surface area contributed by atoms with Gasteiger partial charge in [-0.05, 0) is 76.1 Å². The van der Waals surface area contributed by atoms with E-state index in [9.17, 15) is 4.79 Å². The number of nitrogen functional groups attached to an aromatic ring is 1. The van der Waals surface area contributed by atoms with Crippen molar-refractivity contribution in [1.29, 1.82) is 0 Å². The Labute approximate surface area is 200 Å². The van der Waals surface area contributed by atoms with Crippen LogP contribution >= 0.6 is 0 Å². The summed E-state index contributed by atoms with van der Waals surface area (Å²) in [5.74, 6) is 0.0302. The number of H-pyrrole nitrogens is 1. The Hall–Kier alpha value is -3.86. The first-order valence-corrected chi connectivity index (χ1v) is 11.7. The SMILES string of the molecule is CCN1N=C(c2ccc3[nH]c(-c4cc(C)cc(C)c4)c(-c4ccccc4N)c3c2)C(C)(C)C1=O. The van der Waals surface area contributed by atoms with Gasteiger partial charge in [-0.3, -0.25) is 4.79 Å². The number of hydrogen-bond acceptors (Lipinski definition) is 3. The van der Waals surface area contributed by atoms with Gasteiger partial charge in [0.1, 0.15) is 0 Å². The molecule has 1 aliphatic rings. The molecular weight excluding hydrogens is 420 g/mol. The third kappa shape index (κ3) is 3.39. The minimum atomic E-state index is -0.678. The number of anilines is 1. The molecule has 0 saturated heterocycles. The lowest BCUT2D eigenvalue weighted by Crippen LogP contribution is -2.34. The van der Waals surface area contributed by atoms with E-state index in [2.05, 4.69) is 61.3 Å². The molecule has 1 aliphatic heterocycles. The van der Waals surface area contributed by atoms with Gasteiger partial charge in [0.15, 0.2) is 0 Å². The molecule has 0 bridgehead atoms. The van der Waals surface area contributed by atoms with Gasteiger partial charge in [-0.1, -0.05) is 41.5 Å². The first-order chi connectivity index (χ1) is 16.2. The maximum absolute atomic E-state index is 12.9. The molecule has 4 aromatic rings. The molecule has 1 amide bonds. The maximum Gasteiger partial charge on any atom is 0.254 e. The van der Waals surface area contributed by atoms with Crippen molar-refractivity contribution in [2.24, 2.45) is 10.5 Å². The van der Waals surface area contributed by atoms with Crippen LogP contribution in [-0.2, 0) is 4.79 Å². The lowest BCUT2D eigenvalue weighted by molar-refractivity contribution is -0.134. The highest BCUT2D eigenvalue weighted by atomic mass is 16.2. The zero-order valence-corrected chi connectivity index (χ0v) is 20.4. The van der Waals surface area contributed by atoms with Gasteiger partial charge in [0.2, 0.25) is 0 Å². The Balaban J connectivity index is 1.80. The van der Waals surface area contributed by atoms with E-state index < -0.39 is 5.41 Å². The quantitative estimate of drug-likeness (QED) is 0.358. The van der Waals surface area contributed by atoms with Crippen LogP contribution in [0.3, 0.4) is 0 Å². The Morgan fingerprint density at radius 2 is 1.68 bits per heavy atom. The van der Waals surface area contributed by atoms with Crippen molar-refractivity contribution in [3.05, 3.63) is 77.4 Å². The molecule has 0 fully saturated rings. The Morgan fingerprint density at radius 3 is 2.32 bits per heavy atom. The maximum atomic E-state index is 12.9. The normalized spacial score (nSPS) is 15.3. The molecule has 0 atom stereocenters. The second-order valence-electron chi connectivity index (χ2n) is 9.69. The highest BCUT2D eigenvalue weighted by molar-refractivity contribution is 6.20. The second kappa shape index (κ2) is 7.87. The van der Waals surface area contributed by atoms with Crippen molar-refractivity contribution in [2.45, 2.75) is 34.6 Å². The van der Waals surface area contributed by atoms with Crippen molar-refractivity contribution in [3.63, 3.8) is 0 Å². The van der Waals surface area contributed by atoms with E-state index in [1.165, 1.54) is 11.1 Å². The fraction of sp³-hybridized carbons (Fsp3) is 0.241. The Morgan fingerprint density at radius 1 is 0.971 bits per heavy atom. The molecule has 5 nitrogen and oxygen atoms in total. The van der Waals surface area contributed by atoms with Crippen molar-refractivity contribution in [2.75, 3.05) is 12.3 Å². The number of aromatic amines is 1. The molecule has 5 rings (SSSR count). The number of hydrogen-bond donors (Lipinski definition) is 2. The number of carbonyl (C=O) groups excluding carboxylic acids is 1. The zero-order chi connectivity index (χ0) is 24.2. The van der Waals surface area contributed by atoms with E-state index in [4.69, 9.17) is 10.8 Å². The largest absolute Gasteiger partial charge is 0.398 e. The van der Waals surface area contributed by atoms with Gasteiger partial charge >= 0.3 is 0 Å². The van der Waals surface area contributed by atoms with E-state index >= 15 is 0 Å². The number of rotatable bonds is 4. The molecule has 5 heteroatoms. The van der Waals surface area contributed by atoms with Crippen LogP contribution in [0.5, 0.6) is 0 Å². The monoisotopic (exact) mass is 450 g/mol. The van der Waals surface area contributed by atoms with Crippen LogP contribution in [0, 0.1) is 19.3 Å². The van der Waals surface area contributed by atoms with Gasteiger partial charge < -0.3 is 10.7 Å². The third-order valence-corrected chi connectivity index (χ3v) is 6.69. The number of benzene rings is 3. The van der Waals surface area contributed by atoms with E-state index in [1.807, 2.05) is 39.0 Å². The number of fused-ring (bicyclic) bond motifs is 1. The summed E-state index contributed by atoms with van der Waals surface area (Å²) in [5, 5.41) is 7.31. The highest BCUT2D eigenvalue weighted by Crippen LogP contribution is 2.42. The molecule has 0 spiro atoms. The second-order valence-corrected chi connectivity index (χ2v) is 9.69. The van der Waals surface area contributed by atoms with Crippen molar-refractivity contribution < 1.29 is 4.79 Å². The average molecular weight is 451 g/mol. The van der Waals surface area contributed by atoms with Gasteiger partial charge in [-0.15, -0.1) is 0 Å². The van der Waals surface area contributed by atoms with Crippen LogP contribution in [0.1, 0.15) is 37.5 Å². The van der Waals surface area contributed by atoms with Gasteiger partial charge in [-0.2, -0.15) is 5.10 Å². The topological polar surface area (TPSA) is 74.5 Å². The summed E-state index contributed by atoms with van der Waals surface area (Å²) in [6.07, 6.45) is 0. The predicted molar refractivity (Wildman–Crippen MR) is 141 cm³/mol. The molecule has 0 saturated carbocycles. The number of carbonyl (C=O) groups is 1. The molecule has 3 N–H and O–H groups in total. The number of aromatic nitrogens is 1. The number of aryl methyl sites for hydroxylation is 2. The molecule has 0 radical (unpaired) electrons. The number of para-hydroxylation sites is 1. The van der Waals surface area contributed by atoms with Crippen molar-refractivity contribution >= 4 is 28.2 Å². The Kier molecular flexibility index (Phi) is 5.08. The minimum Gasteiger partial charge on any atom is -0.398 e. The van der Waals surface area contributed by atoms with Gasteiger partial charge in [0, 0.05) is 34.3 Å². The standard InChI is InChI=1S/C29H30N4O/c1-6-33-28(34)29(4,5)27(32-33)19-11-12-24-22(16-19)25(21-9-7-8-10-23(21)30)26(31-24)20-14-17(2)13-18(3)15-20/h7-16,31H,6,30H2,1-5H3. The summed E-state index contributed by atoms with van der Waals surface area (Å²) in [7, 11) is 0. The van der Waals surface area contributed by atoms with E-state index in [1.54, 1.807) is 5.01 Å². The lowest BCUT2D eigenvalue weighted by atomic mass is 9.83. The number of nitrogens with one attached hydrogen (secondary N) is 1. The smallest absolute Gasteiger partial charge is 0.254 e. The summed E-state index contributed by atoms with van der Waals surface area (Å²) in [6, 6.07) is 20.8. The van der Waals surface area contributed by atoms with E-state index in [0.717, 1.165) is 50.2 Å². The van der Waals surface area contributed by atoms with Crippen molar-refractivity contribution in [1.82, 2.24) is 9.99 Å². The molecule has 34 heavy (non-hydrogen) atoms. The summed E-state index contributed by atoms with van der Waals surface area (Å²) < 4.78 is 0. The third-order valence-electron chi connectivity index (χ3n) is 6.69. The Bertz CT molecular complexity index is 1450. The summed E-state index contributed by atoms with van der Waals surface area (Å²) >= 11 is 0. The number of nitrogens with zero attached hydrogens (tertiary/aromatic N) is 2. The van der Waals surface area contributed by atoms with Crippen molar-refractivity contribution in [3.8, 4) is 22.4 Å². The van der Waals surface area contributed by atoms with Crippen LogP contribution in [-0.4, -0.2) is 28.2 Å². The van der Waals surface area contributed by atoms with Crippen LogP contribution in [0.25, 0.3) is 33.3 Å². The number of nitrogens with two attached hydrogens (primary N) is 1. The molecule has 172 valence electrons. The average Bonchev–Trinajstić information content (AvgIpc) is 3.28. The molecule has 0 aliphatic carbocycles. The number of amides is 1. The fourth-order valence-electron chi connectivity index (χ4n) is 5.03.